The smallest absolute Gasteiger partial charge is 0.260 e. The van der Waals surface area contributed by atoms with E-state index >= 15 is 0 Å². The Balaban J connectivity index is 1.69. The summed E-state index contributed by atoms with van der Waals surface area (Å²) in [6, 6.07) is 12.1. The lowest BCUT2D eigenvalue weighted by molar-refractivity contribution is 0.793. The van der Waals surface area contributed by atoms with E-state index in [1.54, 1.807) is 11.3 Å². The van der Waals surface area contributed by atoms with Crippen LogP contribution in [0.4, 0.5) is 5.69 Å². The predicted octanol–water partition coefficient (Wildman–Crippen LogP) is 5.19. The van der Waals surface area contributed by atoms with Crippen molar-refractivity contribution in [2.75, 3.05) is 5.32 Å². The molecular weight excluding hydrogens is 350 g/mol. The minimum atomic E-state index is -0.0907. The van der Waals surface area contributed by atoms with Gasteiger partial charge in [-0.05, 0) is 37.4 Å². The summed E-state index contributed by atoms with van der Waals surface area (Å²) >= 11 is 3.15. The number of fused-ring (bicyclic) bond motifs is 1. The number of hydrogen-bond donors (Lipinski definition) is 2. The zero-order chi connectivity index (χ0) is 17.4. The van der Waals surface area contributed by atoms with Crippen LogP contribution in [0.15, 0.2) is 52.0 Å². The van der Waals surface area contributed by atoms with Crippen molar-refractivity contribution >= 4 is 38.6 Å². The summed E-state index contributed by atoms with van der Waals surface area (Å²) < 4.78 is 0. The van der Waals surface area contributed by atoms with Crippen LogP contribution >= 0.6 is 22.7 Å². The third-order valence-corrected chi connectivity index (χ3v) is 5.87. The van der Waals surface area contributed by atoms with E-state index in [9.17, 15) is 4.79 Å². The Bertz CT molecular complexity index is 1060. The van der Waals surface area contributed by atoms with E-state index in [1.165, 1.54) is 16.9 Å². The zero-order valence-electron chi connectivity index (χ0n) is 13.9. The second kappa shape index (κ2) is 6.46. The molecule has 0 saturated heterocycles. The number of nitrogens with one attached hydrogen (secondary N) is 2. The molecule has 6 heteroatoms. The molecule has 0 saturated carbocycles. The monoisotopic (exact) mass is 367 g/mol. The maximum Gasteiger partial charge on any atom is 0.260 e. The Kier molecular flexibility index (Phi) is 4.15. The van der Waals surface area contributed by atoms with Gasteiger partial charge < -0.3 is 10.3 Å². The number of thiophene rings is 2. The molecule has 1 atom stereocenters. The average Bonchev–Trinajstić information content (AvgIpc) is 3.25. The highest BCUT2D eigenvalue weighted by Crippen LogP contribution is 2.33. The molecule has 4 rings (SSSR count). The number of H-pyrrole nitrogens is 1. The lowest BCUT2D eigenvalue weighted by atomic mass is 10.2. The third kappa shape index (κ3) is 3.10. The molecule has 4 aromatic rings. The Morgan fingerprint density at radius 2 is 1.96 bits per heavy atom. The summed E-state index contributed by atoms with van der Waals surface area (Å²) in [6.45, 7) is 4.06. The van der Waals surface area contributed by atoms with Gasteiger partial charge in [0.1, 0.15) is 10.7 Å². The van der Waals surface area contributed by atoms with Crippen LogP contribution in [0.3, 0.4) is 0 Å². The molecule has 0 amide bonds. The summed E-state index contributed by atoms with van der Waals surface area (Å²) in [5.74, 6) is 0.651. The minimum absolute atomic E-state index is 0.0813. The van der Waals surface area contributed by atoms with Crippen molar-refractivity contribution in [3.8, 4) is 10.4 Å². The van der Waals surface area contributed by atoms with E-state index in [2.05, 4.69) is 34.3 Å². The summed E-state index contributed by atoms with van der Waals surface area (Å²) in [4.78, 5) is 22.2. The first-order chi connectivity index (χ1) is 12.1. The molecule has 1 aromatic carbocycles. The minimum Gasteiger partial charge on any atom is -0.375 e. The lowest BCUT2D eigenvalue weighted by Gasteiger charge is -2.14. The number of nitrogens with zero attached hydrogens (tertiary/aromatic N) is 1. The fourth-order valence-electron chi connectivity index (χ4n) is 2.75. The van der Waals surface area contributed by atoms with Gasteiger partial charge in [-0.15, -0.1) is 22.7 Å². The molecule has 25 heavy (non-hydrogen) atoms. The van der Waals surface area contributed by atoms with E-state index in [0.717, 1.165) is 21.0 Å². The average molecular weight is 367 g/mol. The number of aromatic nitrogens is 2. The number of benzene rings is 1. The highest BCUT2D eigenvalue weighted by Gasteiger charge is 2.16. The number of anilines is 1. The number of aryl methyl sites for hydroxylation is 1. The van der Waals surface area contributed by atoms with Crippen molar-refractivity contribution in [3.05, 3.63) is 68.9 Å². The number of rotatable bonds is 4. The second-order valence-electron chi connectivity index (χ2n) is 5.99. The quantitative estimate of drug-likeness (QED) is 0.521. The summed E-state index contributed by atoms with van der Waals surface area (Å²) in [5.41, 5.74) is 3.11. The molecule has 0 fully saturated rings. The van der Waals surface area contributed by atoms with Gasteiger partial charge in [0.25, 0.3) is 5.56 Å². The van der Waals surface area contributed by atoms with Gasteiger partial charge in [-0.3, -0.25) is 4.79 Å². The van der Waals surface area contributed by atoms with Gasteiger partial charge in [-0.2, -0.15) is 0 Å². The first-order valence-electron chi connectivity index (χ1n) is 8.00. The van der Waals surface area contributed by atoms with Gasteiger partial charge in [0.05, 0.1) is 11.4 Å². The van der Waals surface area contributed by atoms with E-state index in [-0.39, 0.29) is 11.6 Å². The van der Waals surface area contributed by atoms with Gasteiger partial charge in [0.2, 0.25) is 0 Å². The maximum atomic E-state index is 12.7. The number of aromatic amines is 1. The fraction of sp³-hybridized carbons (Fsp3) is 0.158. The molecule has 0 aliphatic heterocycles. The second-order valence-corrected chi connectivity index (χ2v) is 7.80. The van der Waals surface area contributed by atoms with Crippen LogP contribution < -0.4 is 10.9 Å². The topological polar surface area (TPSA) is 57.8 Å². The van der Waals surface area contributed by atoms with Gasteiger partial charge >= 0.3 is 0 Å². The summed E-state index contributed by atoms with van der Waals surface area (Å²) in [5, 5.41) is 8.10. The van der Waals surface area contributed by atoms with Crippen LogP contribution in [0, 0.1) is 6.92 Å². The van der Waals surface area contributed by atoms with E-state index < -0.39 is 0 Å². The van der Waals surface area contributed by atoms with Crippen molar-refractivity contribution in [3.63, 3.8) is 0 Å². The van der Waals surface area contributed by atoms with Gasteiger partial charge in [-0.1, -0.05) is 23.8 Å². The van der Waals surface area contributed by atoms with Crippen molar-refractivity contribution in [2.45, 2.75) is 19.9 Å². The van der Waals surface area contributed by atoms with Crippen LogP contribution in [0.1, 0.15) is 24.4 Å². The molecule has 3 aromatic heterocycles. The summed E-state index contributed by atoms with van der Waals surface area (Å²) in [6.07, 6.45) is 0. The molecule has 4 nitrogen and oxygen atoms in total. The highest BCUT2D eigenvalue weighted by molar-refractivity contribution is 7.18. The van der Waals surface area contributed by atoms with E-state index in [1.807, 2.05) is 41.9 Å². The highest BCUT2D eigenvalue weighted by atomic mass is 32.1. The Labute approximate surface area is 153 Å². The SMILES string of the molecule is Cc1ccc(N[C@H](C)c2nc3scc(-c4cccs4)c3c(=O)[nH]2)cc1. The van der Waals surface area contributed by atoms with Gasteiger partial charge in [0.15, 0.2) is 0 Å². The fourth-order valence-corrected chi connectivity index (χ4v) is 4.52. The molecule has 0 bridgehead atoms. The first-order valence-corrected chi connectivity index (χ1v) is 9.76. The van der Waals surface area contributed by atoms with Crippen LogP contribution in [-0.2, 0) is 0 Å². The normalized spacial score (nSPS) is 12.4. The molecule has 0 spiro atoms. The van der Waals surface area contributed by atoms with E-state index in [0.29, 0.717) is 11.2 Å². The predicted molar refractivity (Wildman–Crippen MR) is 107 cm³/mol. The molecule has 0 aliphatic rings. The molecule has 0 unspecified atom stereocenters. The Morgan fingerprint density at radius 1 is 1.16 bits per heavy atom. The lowest BCUT2D eigenvalue weighted by Crippen LogP contribution is -2.17. The largest absolute Gasteiger partial charge is 0.375 e. The van der Waals surface area contributed by atoms with Gasteiger partial charge in [0, 0.05) is 21.5 Å². The molecular formula is C19H17N3OS2. The molecule has 0 radical (unpaired) electrons. The standard InChI is InChI=1S/C19H17N3OS2/c1-11-5-7-13(8-6-11)20-12(2)17-21-18(23)16-14(10-25-19(16)22-17)15-4-3-9-24-15/h3-10,12,20H,1-2H3,(H,21,22,23)/t12-/m1/s1. The third-order valence-electron chi connectivity index (χ3n) is 4.09. The van der Waals surface area contributed by atoms with Gasteiger partial charge in [-0.25, -0.2) is 4.98 Å². The van der Waals surface area contributed by atoms with Crippen molar-refractivity contribution in [2.24, 2.45) is 0 Å². The van der Waals surface area contributed by atoms with Crippen molar-refractivity contribution in [1.82, 2.24) is 9.97 Å². The van der Waals surface area contributed by atoms with Crippen LogP contribution in [-0.4, -0.2) is 9.97 Å². The maximum absolute atomic E-state index is 12.7. The first kappa shape index (κ1) is 16.1. The Hall–Kier alpha value is -2.44. The molecule has 3 heterocycles. The summed E-state index contributed by atoms with van der Waals surface area (Å²) in [7, 11) is 0. The van der Waals surface area contributed by atoms with Crippen LogP contribution in [0.2, 0.25) is 0 Å². The zero-order valence-corrected chi connectivity index (χ0v) is 15.5. The van der Waals surface area contributed by atoms with Crippen molar-refractivity contribution in [1.29, 1.82) is 0 Å². The molecule has 0 aliphatic carbocycles. The van der Waals surface area contributed by atoms with Crippen LogP contribution in [0.25, 0.3) is 20.7 Å². The van der Waals surface area contributed by atoms with Crippen molar-refractivity contribution < 1.29 is 0 Å². The molecule has 126 valence electrons. The van der Waals surface area contributed by atoms with E-state index in [4.69, 9.17) is 0 Å². The van der Waals surface area contributed by atoms with Crippen LogP contribution in [0.5, 0.6) is 0 Å². The number of hydrogen-bond acceptors (Lipinski definition) is 5. The Morgan fingerprint density at radius 3 is 2.68 bits per heavy atom. The molecule has 2 N–H and O–H groups in total.